The lowest BCUT2D eigenvalue weighted by Gasteiger charge is -2.13. The normalized spacial score (nSPS) is 13.3. The Kier molecular flexibility index (Phi) is 9.33. The van der Waals surface area contributed by atoms with Crippen molar-refractivity contribution in [2.75, 3.05) is 14.2 Å². The molecule has 0 saturated heterocycles. The summed E-state index contributed by atoms with van der Waals surface area (Å²) >= 11 is 7.15. The Labute approximate surface area is 241 Å². The number of fused-ring (bicyclic) bond motifs is 1. The molecule has 5 aromatic rings. The third-order valence-electron chi connectivity index (χ3n) is 6.40. The summed E-state index contributed by atoms with van der Waals surface area (Å²) in [5.41, 5.74) is 3.83. The molecule has 6 heteroatoms. The van der Waals surface area contributed by atoms with Crippen molar-refractivity contribution in [3.8, 4) is 0 Å². The maximum Gasteiger partial charge on any atom is 0.0953 e. The average molecular weight is 575 g/mol. The number of hydrogen-bond donors (Lipinski definition) is 0. The summed E-state index contributed by atoms with van der Waals surface area (Å²) in [5, 5.41) is 4.44. The summed E-state index contributed by atoms with van der Waals surface area (Å²) < 4.78 is 14.4. The molecule has 2 atom stereocenters. The van der Waals surface area contributed by atoms with Gasteiger partial charge in [-0.15, -0.1) is 34.0 Å². The van der Waals surface area contributed by atoms with Crippen molar-refractivity contribution < 1.29 is 9.47 Å². The molecule has 0 radical (unpaired) electrons. The van der Waals surface area contributed by atoms with Crippen molar-refractivity contribution in [1.29, 1.82) is 0 Å². The van der Waals surface area contributed by atoms with E-state index in [2.05, 4.69) is 90.2 Å². The van der Waals surface area contributed by atoms with Crippen molar-refractivity contribution >= 4 is 67.3 Å². The molecule has 38 heavy (non-hydrogen) atoms. The van der Waals surface area contributed by atoms with Crippen LogP contribution in [0.3, 0.4) is 0 Å². The lowest BCUT2D eigenvalue weighted by atomic mass is 10.1. The fraction of sp³-hybridized carbons (Fsp3) is 0.188. The van der Waals surface area contributed by atoms with E-state index in [1.165, 1.54) is 45.6 Å². The molecule has 0 N–H and O–H groups in total. The van der Waals surface area contributed by atoms with E-state index < -0.39 is 0 Å². The van der Waals surface area contributed by atoms with E-state index in [4.69, 9.17) is 9.47 Å². The zero-order chi connectivity index (χ0) is 26.3. The van der Waals surface area contributed by atoms with Crippen LogP contribution in [0.25, 0.3) is 21.6 Å². The Morgan fingerprint density at radius 3 is 2.03 bits per heavy atom. The van der Waals surface area contributed by atoms with Gasteiger partial charge >= 0.3 is 0 Å². The van der Waals surface area contributed by atoms with E-state index in [-0.39, 0.29) is 12.2 Å². The second-order valence-electron chi connectivity index (χ2n) is 8.86. The lowest BCUT2D eigenvalue weighted by molar-refractivity contribution is 0.106. The summed E-state index contributed by atoms with van der Waals surface area (Å²) in [7, 11) is 3.60. The highest BCUT2D eigenvalue weighted by molar-refractivity contribution is 8.02. The molecule has 3 aromatic heterocycles. The molecule has 0 aliphatic carbocycles. The molecule has 0 bridgehead atoms. The first-order valence-corrected chi connectivity index (χ1v) is 15.8. The summed E-state index contributed by atoms with van der Waals surface area (Å²) in [6.07, 6.45) is 6.01. The van der Waals surface area contributed by atoms with Crippen molar-refractivity contribution in [2.45, 2.75) is 29.9 Å². The average Bonchev–Trinajstić information content (AvgIpc) is 3.67. The summed E-state index contributed by atoms with van der Waals surface area (Å²) in [6.45, 7) is 4.05. The Balaban J connectivity index is 1.30. The Bertz CT molecular complexity index is 1490. The minimum absolute atomic E-state index is 0.0325. The lowest BCUT2D eigenvalue weighted by Crippen LogP contribution is -2.03. The van der Waals surface area contributed by atoms with Crippen LogP contribution in [-0.2, 0) is 22.3 Å². The number of rotatable bonds is 12. The Hall–Kier alpha value is -2.45. The monoisotopic (exact) mass is 574 g/mol. The third-order valence-corrected chi connectivity index (χ3v) is 11.0. The molecule has 2 nitrogen and oxygen atoms in total. The number of thioether (sulfide) groups is 1. The first-order chi connectivity index (χ1) is 18.7. The number of hydrogen-bond acceptors (Lipinski definition) is 6. The second-order valence-corrected chi connectivity index (χ2v) is 12.9. The van der Waals surface area contributed by atoms with Crippen LogP contribution >= 0.6 is 45.8 Å². The van der Waals surface area contributed by atoms with Crippen LogP contribution in [-0.4, -0.2) is 14.2 Å². The van der Waals surface area contributed by atoms with Gasteiger partial charge in [0, 0.05) is 62.2 Å². The minimum Gasteiger partial charge on any atom is -0.376 e. The standard InChI is InChI=1S/C32H30O2S4/c1-4-27-30(19-28(37-27)25(33-2)17-22-11-7-5-8-12-22)35-16-15-24-21-36-31-20-29(38-32(24)31)26(34-3)18-23-13-9-6-10-14-23/h4-16,19-21,25-26H,1,17-18H2,2-3H3/b16-15+. The zero-order valence-electron chi connectivity index (χ0n) is 21.5. The van der Waals surface area contributed by atoms with E-state index in [0.29, 0.717) is 0 Å². The minimum atomic E-state index is 0.0325. The Morgan fingerprint density at radius 2 is 1.45 bits per heavy atom. The van der Waals surface area contributed by atoms with E-state index in [1.54, 1.807) is 48.7 Å². The molecule has 0 aliphatic heterocycles. The number of ether oxygens (including phenoxy) is 2. The van der Waals surface area contributed by atoms with E-state index in [9.17, 15) is 0 Å². The molecular weight excluding hydrogens is 545 g/mol. The van der Waals surface area contributed by atoms with Crippen LogP contribution in [0.2, 0.25) is 0 Å². The van der Waals surface area contributed by atoms with Gasteiger partial charge in [-0.2, -0.15) is 0 Å². The van der Waals surface area contributed by atoms with Gasteiger partial charge in [-0.25, -0.2) is 0 Å². The predicted octanol–water partition coefficient (Wildman–Crippen LogP) is 10.3. The molecule has 0 aliphatic rings. The van der Waals surface area contributed by atoms with Crippen LogP contribution in [0.5, 0.6) is 0 Å². The van der Waals surface area contributed by atoms with Gasteiger partial charge in [0.15, 0.2) is 0 Å². The SMILES string of the molecule is C=Cc1sc(C(Cc2ccccc2)OC)cc1S/C=C/c1csc2cc(C(Cc3ccccc3)OC)sc12. The topological polar surface area (TPSA) is 18.5 Å². The largest absolute Gasteiger partial charge is 0.376 e. The van der Waals surface area contributed by atoms with E-state index >= 15 is 0 Å². The van der Waals surface area contributed by atoms with Gasteiger partial charge < -0.3 is 9.47 Å². The quantitative estimate of drug-likeness (QED) is 0.138. The third kappa shape index (κ3) is 6.40. The number of methoxy groups -OCH3 is 2. The molecule has 0 saturated carbocycles. The smallest absolute Gasteiger partial charge is 0.0953 e. The van der Waals surface area contributed by atoms with Gasteiger partial charge in [0.05, 0.1) is 16.9 Å². The Morgan fingerprint density at radius 1 is 0.842 bits per heavy atom. The molecule has 3 heterocycles. The zero-order valence-corrected chi connectivity index (χ0v) is 24.7. The van der Waals surface area contributed by atoms with Crippen LogP contribution in [0.4, 0.5) is 0 Å². The van der Waals surface area contributed by atoms with E-state index in [1.807, 2.05) is 23.5 Å². The first kappa shape index (κ1) is 27.1. The summed E-state index contributed by atoms with van der Waals surface area (Å²) in [6, 6.07) is 25.6. The van der Waals surface area contributed by atoms with Crippen molar-refractivity contribution in [3.63, 3.8) is 0 Å². The fourth-order valence-corrected chi connectivity index (χ4v) is 8.87. The van der Waals surface area contributed by atoms with Crippen molar-refractivity contribution in [2.24, 2.45) is 0 Å². The summed E-state index contributed by atoms with van der Waals surface area (Å²) in [5.74, 6) is 0. The number of benzene rings is 2. The first-order valence-electron chi connectivity index (χ1n) is 12.4. The molecule has 194 valence electrons. The second kappa shape index (κ2) is 13.1. The molecule has 2 unspecified atom stereocenters. The van der Waals surface area contributed by atoms with Crippen molar-refractivity contribution in [1.82, 2.24) is 0 Å². The van der Waals surface area contributed by atoms with Crippen molar-refractivity contribution in [3.05, 3.63) is 121 Å². The van der Waals surface area contributed by atoms with Crippen LogP contribution < -0.4 is 0 Å². The molecule has 5 rings (SSSR count). The van der Waals surface area contributed by atoms with E-state index in [0.717, 1.165) is 12.8 Å². The molecule has 0 amide bonds. The maximum absolute atomic E-state index is 5.89. The molecule has 0 fully saturated rings. The molecule has 0 spiro atoms. The van der Waals surface area contributed by atoms with Gasteiger partial charge in [0.2, 0.25) is 0 Å². The van der Waals surface area contributed by atoms with Crippen LogP contribution in [0.15, 0.2) is 95.1 Å². The van der Waals surface area contributed by atoms with Gasteiger partial charge in [0.25, 0.3) is 0 Å². The highest BCUT2D eigenvalue weighted by Gasteiger charge is 2.18. The van der Waals surface area contributed by atoms with Gasteiger partial charge in [-0.05, 0) is 34.7 Å². The molecule has 2 aromatic carbocycles. The fourth-order valence-electron chi connectivity index (χ4n) is 4.37. The highest BCUT2D eigenvalue weighted by atomic mass is 32.2. The van der Waals surface area contributed by atoms with Gasteiger partial charge in [-0.3, -0.25) is 0 Å². The van der Waals surface area contributed by atoms with Gasteiger partial charge in [-0.1, -0.05) is 85.1 Å². The van der Waals surface area contributed by atoms with Crippen LogP contribution in [0.1, 0.15) is 43.5 Å². The molecular formula is C32H30O2S4. The maximum atomic E-state index is 5.89. The van der Waals surface area contributed by atoms with Crippen LogP contribution in [0, 0.1) is 0 Å². The summed E-state index contributed by atoms with van der Waals surface area (Å²) in [4.78, 5) is 4.91. The highest BCUT2D eigenvalue weighted by Crippen LogP contribution is 2.41. The number of thiophene rings is 3. The predicted molar refractivity (Wildman–Crippen MR) is 169 cm³/mol. The van der Waals surface area contributed by atoms with Gasteiger partial charge in [0.1, 0.15) is 0 Å².